The molecule has 3 nitrogen and oxygen atoms in total. The van der Waals surface area contributed by atoms with Crippen LogP contribution in [0.3, 0.4) is 0 Å². The van der Waals surface area contributed by atoms with Gasteiger partial charge in [0.25, 0.3) is 0 Å². The SMILES string of the molecule is N#CC(=Cc1ccc(-n2nc(C(F)(F)F)cc2C(F)(F)F)cc1)c1cccc(F)c1F. The minimum atomic E-state index is -5.10. The molecule has 0 aliphatic rings. The number of nitrogens with zero attached hydrogens (tertiary/aromatic N) is 3. The molecule has 1 aromatic heterocycles. The van der Waals surface area contributed by atoms with E-state index in [1.807, 2.05) is 0 Å². The Morgan fingerprint density at radius 2 is 1.58 bits per heavy atom. The molecule has 0 radical (unpaired) electrons. The minimum Gasteiger partial charge on any atom is -0.228 e. The lowest BCUT2D eigenvalue weighted by molar-refractivity contribution is -0.143. The third-order valence-electron chi connectivity index (χ3n) is 4.10. The van der Waals surface area contributed by atoms with Crippen LogP contribution >= 0.6 is 0 Å². The molecule has 31 heavy (non-hydrogen) atoms. The highest BCUT2D eigenvalue weighted by atomic mass is 19.4. The van der Waals surface area contributed by atoms with E-state index < -0.39 is 35.4 Å². The Labute approximate surface area is 169 Å². The maximum absolute atomic E-state index is 13.9. The monoisotopic (exact) mass is 443 g/mol. The van der Waals surface area contributed by atoms with E-state index in [4.69, 9.17) is 0 Å². The van der Waals surface area contributed by atoms with E-state index in [1.54, 1.807) is 6.07 Å². The van der Waals surface area contributed by atoms with Crippen LogP contribution in [-0.2, 0) is 12.4 Å². The van der Waals surface area contributed by atoms with Crippen LogP contribution in [0.5, 0.6) is 0 Å². The predicted octanol–water partition coefficient (Wildman–Crippen LogP) is 6.25. The lowest BCUT2D eigenvalue weighted by Crippen LogP contribution is -2.13. The molecule has 160 valence electrons. The summed E-state index contributed by atoms with van der Waals surface area (Å²) in [4.78, 5) is 0. The summed E-state index contributed by atoms with van der Waals surface area (Å²) in [7, 11) is 0. The Morgan fingerprint density at radius 1 is 0.935 bits per heavy atom. The summed E-state index contributed by atoms with van der Waals surface area (Å²) < 4.78 is 105. The summed E-state index contributed by atoms with van der Waals surface area (Å²) in [5.41, 5.74) is -4.04. The first-order valence-electron chi connectivity index (χ1n) is 8.33. The van der Waals surface area contributed by atoms with Gasteiger partial charge in [0, 0.05) is 11.6 Å². The summed E-state index contributed by atoms with van der Waals surface area (Å²) in [6.45, 7) is 0. The zero-order valence-corrected chi connectivity index (χ0v) is 15.1. The van der Waals surface area contributed by atoms with Gasteiger partial charge in [-0.25, -0.2) is 13.5 Å². The molecule has 0 atom stereocenters. The van der Waals surface area contributed by atoms with Crippen molar-refractivity contribution in [3.8, 4) is 11.8 Å². The number of hydrogen-bond acceptors (Lipinski definition) is 2. The fraction of sp³-hybridized carbons (Fsp3) is 0.100. The molecular formula is C20H9F8N3. The normalized spacial score (nSPS) is 12.7. The number of alkyl halides is 6. The molecule has 3 aromatic rings. The Bertz CT molecular complexity index is 1180. The first-order chi connectivity index (χ1) is 14.4. The number of halogens is 8. The summed E-state index contributed by atoms with van der Waals surface area (Å²) in [5, 5.41) is 12.2. The van der Waals surface area contributed by atoms with E-state index >= 15 is 0 Å². The zero-order valence-electron chi connectivity index (χ0n) is 15.1. The largest absolute Gasteiger partial charge is 0.435 e. The number of nitriles is 1. The molecule has 0 aliphatic carbocycles. The van der Waals surface area contributed by atoms with E-state index in [1.165, 1.54) is 24.3 Å². The lowest BCUT2D eigenvalue weighted by Gasteiger charge is -2.10. The van der Waals surface area contributed by atoms with Gasteiger partial charge in [-0.3, -0.25) is 0 Å². The lowest BCUT2D eigenvalue weighted by atomic mass is 10.0. The van der Waals surface area contributed by atoms with Crippen molar-refractivity contribution in [1.82, 2.24) is 9.78 Å². The van der Waals surface area contributed by atoms with Gasteiger partial charge >= 0.3 is 12.4 Å². The Kier molecular flexibility index (Phi) is 5.59. The molecule has 0 bridgehead atoms. The van der Waals surface area contributed by atoms with Gasteiger partial charge in [-0.1, -0.05) is 24.3 Å². The smallest absolute Gasteiger partial charge is 0.228 e. The molecule has 2 aromatic carbocycles. The summed E-state index contributed by atoms with van der Waals surface area (Å²) in [5.74, 6) is -2.43. The van der Waals surface area contributed by atoms with Gasteiger partial charge in [0.2, 0.25) is 0 Å². The van der Waals surface area contributed by atoms with Gasteiger partial charge < -0.3 is 0 Å². The van der Waals surface area contributed by atoms with Crippen molar-refractivity contribution in [3.05, 3.63) is 82.7 Å². The first-order valence-corrected chi connectivity index (χ1v) is 8.33. The molecule has 0 saturated carbocycles. The molecule has 11 heteroatoms. The Morgan fingerprint density at radius 3 is 2.13 bits per heavy atom. The quantitative estimate of drug-likeness (QED) is 0.273. The maximum Gasteiger partial charge on any atom is 0.435 e. The van der Waals surface area contributed by atoms with E-state index in [9.17, 15) is 40.4 Å². The molecule has 0 fully saturated rings. The van der Waals surface area contributed by atoms with Crippen molar-refractivity contribution < 1.29 is 35.1 Å². The first kappa shape index (κ1) is 22.0. The van der Waals surface area contributed by atoms with Crippen molar-refractivity contribution in [3.63, 3.8) is 0 Å². The molecule has 0 aliphatic heterocycles. The van der Waals surface area contributed by atoms with Crippen LogP contribution in [0.25, 0.3) is 17.3 Å². The summed E-state index contributed by atoms with van der Waals surface area (Å²) >= 11 is 0. The van der Waals surface area contributed by atoms with Gasteiger partial charge in [0.1, 0.15) is 5.69 Å². The van der Waals surface area contributed by atoms with E-state index in [0.717, 1.165) is 24.3 Å². The van der Waals surface area contributed by atoms with Crippen LogP contribution < -0.4 is 0 Å². The molecule has 0 spiro atoms. The molecule has 0 unspecified atom stereocenters. The highest BCUT2D eigenvalue weighted by Crippen LogP contribution is 2.36. The van der Waals surface area contributed by atoms with Gasteiger partial charge in [0.15, 0.2) is 17.3 Å². The molecular weight excluding hydrogens is 434 g/mol. The molecule has 0 saturated heterocycles. The average molecular weight is 443 g/mol. The van der Waals surface area contributed by atoms with Crippen LogP contribution in [0.2, 0.25) is 0 Å². The van der Waals surface area contributed by atoms with Crippen molar-refractivity contribution in [2.45, 2.75) is 12.4 Å². The minimum absolute atomic E-state index is 0.103. The van der Waals surface area contributed by atoms with Gasteiger partial charge in [-0.15, -0.1) is 0 Å². The van der Waals surface area contributed by atoms with Crippen molar-refractivity contribution >= 4 is 11.6 Å². The van der Waals surface area contributed by atoms with E-state index in [-0.39, 0.29) is 33.1 Å². The molecule has 0 amide bonds. The topological polar surface area (TPSA) is 41.6 Å². The third kappa shape index (κ3) is 4.58. The highest BCUT2D eigenvalue weighted by molar-refractivity contribution is 5.89. The fourth-order valence-electron chi connectivity index (χ4n) is 2.68. The van der Waals surface area contributed by atoms with E-state index in [0.29, 0.717) is 0 Å². The summed E-state index contributed by atoms with van der Waals surface area (Å²) in [6, 6.07) is 9.29. The molecule has 0 N–H and O–H groups in total. The summed E-state index contributed by atoms with van der Waals surface area (Å²) in [6.07, 6.45) is -9.03. The molecule has 1 heterocycles. The standard InChI is InChI=1S/C20H9F8N3/c21-15-3-1-2-14(18(15)22)12(10-29)8-11-4-6-13(7-5-11)31-17(20(26,27)28)9-16(30-31)19(23,24)25/h1-9H. The van der Waals surface area contributed by atoms with Crippen LogP contribution in [-0.4, -0.2) is 9.78 Å². The molecule has 3 rings (SSSR count). The number of aromatic nitrogens is 2. The number of benzene rings is 2. The van der Waals surface area contributed by atoms with E-state index in [2.05, 4.69) is 5.10 Å². The van der Waals surface area contributed by atoms with Crippen molar-refractivity contribution in [2.24, 2.45) is 0 Å². The fourth-order valence-corrected chi connectivity index (χ4v) is 2.68. The zero-order chi connectivity index (χ0) is 23.0. The predicted molar refractivity (Wildman–Crippen MR) is 93.4 cm³/mol. The van der Waals surface area contributed by atoms with Gasteiger partial charge in [-0.05, 0) is 29.8 Å². The van der Waals surface area contributed by atoms with Gasteiger partial charge in [0.05, 0.1) is 17.3 Å². The van der Waals surface area contributed by atoms with Crippen LogP contribution in [0.1, 0.15) is 22.5 Å². The number of hydrogen-bond donors (Lipinski definition) is 0. The average Bonchev–Trinajstić information content (AvgIpc) is 3.15. The Balaban J connectivity index is 2.02. The van der Waals surface area contributed by atoms with Crippen molar-refractivity contribution in [2.75, 3.05) is 0 Å². The van der Waals surface area contributed by atoms with Crippen LogP contribution in [0.4, 0.5) is 35.1 Å². The van der Waals surface area contributed by atoms with Gasteiger partial charge in [-0.2, -0.15) is 36.7 Å². The maximum atomic E-state index is 13.9. The number of rotatable bonds is 3. The second-order valence-corrected chi connectivity index (χ2v) is 6.18. The van der Waals surface area contributed by atoms with Crippen molar-refractivity contribution in [1.29, 1.82) is 5.26 Å². The second-order valence-electron chi connectivity index (χ2n) is 6.18. The number of allylic oxidation sites excluding steroid dienone is 1. The van der Waals surface area contributed by atoms with Crippen LogP contribution in [0.15, 0.2) is 48.5 Å². The third-order valence-corrected chi connectivity index (χ3v) is 4.10. The Hall–Kier alpha value is -3.68. The highest BCUT2D eigenvalue weighted by Gasteiger charge is 2.42. The second kappa shape index (κ2) is 7.86. The van der Waals surface area contributed by atoms with Crippen LogP contribution in [0, 0.1) is 23.0 Å².